The van der Waals surface area contributed by atoms with E-state index in [0.29, 0.717) is 22.3 Å². The lowest BCUT2D eigenvalue weighted by Crippen LogP contribution is -2.35. The molecule has 2 amide bonds. The summed E-state index contributed by atoms with van der Waals surface area (Å²) in [4.78, 5) is 31.1. The first-order chi connectivity index (χ1) is 12.9. The van der Waals surface area contributed by atoms with E-state index >= 15 is 0 Å². The summed E-state index contributed by atoms with van der Waals surface area (Å²) in [5, 5.41) is 7.83. The molecule has 2 aromatic heterocycles. The second-order valence-electron chi connectivity index (χ2n) is 6.81. The Morgan fingerprint density at radius 1 is 1.22 bits per heavy atom. The van der Waals surface area contributed by atoms with Crippen molar-refractivity contribution < 1.29 is 9.59 Å². The molecule has 3 aromatic rings. The molecule has 0 aliphatic heterocycles. The number of amides is 2. The van der Waals surface area contributed by atoms with Crippen molar-refractivity contribution in [3.05, 3.63) is 53.9 Å². The Labute approximate surface area is 158 Å². The Bertz CT molecular complexity index is 979. The number of nitrogens with one attached hydrogen (secondary N) is 1. The topological polar surface area (TPSA) is 80.1 Å². The molecule has 0 unspecified atom stereocenters. The highest BCUT2D eigenvalue weighted by Gasteiger charge is 2.21. The second kappa shape index (κ2) is 7.57. The number of rotatable bonds is 5. The van der Waals surface area contributed by atoms with Crippen molar-refractivity contribution in [3.8, 4) is 0 Å². The van der Waals surface area contributed by atoms with Crippen LogP contribution >= 0.6 is 0 Å². The lowest BCUT2D eigenvalue weighted by molar-refractivity contribution is -0.116. The number of hydrogen-bond acceptors (Lipinski definition) is 4. The number of aryl methyl sites for hydroxylation is 1. The van der Waals surface area contributed by atoms with Crippen LogP contribution in [0.1, 0.15) is 35.9 Å². The molecule has 0 aliphatic carbocycles. The maximum atomic E-state index is 13.0. The second-order valence-corrected chi connectivity index (χ2v) is 6.81. The van der Waals surface area contributed by atoms with Gasteiger partial charge in [0, 0.05) is 24.5 Å². The third kappa shape index (κ3) is 3.97. The largest absolute Gasteiger partial charge is 0.332 e. The molecule has 7 nitrogen and oxygen atoms in total. The van der Waals surface area contributed by atoms with Gasteiger partial charge in [0.25, 0.3) is 5.91 Å². The number of anilines is 1. The predicted molar refractivity (Wildman–Crippen MR) is 105 cm³/mol. The first-order valence-corrected chi connectivity index (χ1v) is 8.82. The fourth-order valence-corrected chi connectivity index (χ4v) is 2.91. The minimum absolute atomic E-state index is 0.0467. The molecule has 0 atom stereocenters. The molecule has 2 heterocycles. The van der Waals surface area contributed by atoms with E-state index in [2.05, 4.69) is 15.4 Å². The number of benzene rings is 1. The summed E-state index contributed by atoms with van der Waals surface area (Å²) in [6.45, 7) is 5.82. The van der Waals surface area contributed by atoms with Crippen molar-refractivity contribution in [1.29, 1.82) is 0 Å². The van der Waals surface area contributed by atoms with E-state index in [1.54, 1.807) is 36.1 Å². The van der Waals surface area contributed by atoms with Crippen molar-refractivity contribution in [1.82, 2.24) is 19.7 Å². The average molecular weight is 365 g/mol. The smallest absolute Gasteiger partial charge is 0.254 e. The van der Waals surface area contributed by atoms with E-state index < -0.39 is 0 Å². The van der Waals surface area contributed by atoms with Gasteiger partial charge in [-0.3, -0.25) is 9.59 Å². The number of pyridine rings is 1. The zero-order valence-electron chi connectivity index (χ0n) is 15.9. The molecular weight excluding hydrogens is 342 g/mol. The highest BCUT2D eigenvalue weighted by Crippen LogP contribution is 2.22. The van der Waals surface area contributed by atoms with E-state index in [1.165, 1.54) is 4.90 Å². The Hall–Kier alpha value is -3.22. The van der Waals surface area contributed by atoms with Gasteiger partial charge < -0.3 is 10.2 Å². The van der Waals surface area contributed by atoms with E-state index in [0.717, 1.165) is 5.69 Å². The minimum Gasteiger partial charge on any atom is -0.332 e. The fraction of sp³-hybridized carbons (Fsp3) is 0.300. The number of fused-ring (bicyclic) bond motifs is 1. The van der Waals surface area contributed by atoms with Gasteiger partial charge in [0.1, 0.15) is 0 Å². The van der Waals surface area contributed by atoms with Gasteiger partial charge in [0.2, 0.25) is 5.91 Å². The monoisotopic (exact) mass is 365 g/mol. The molecule has 0 saturated carbocycles. The van der Waals surface area contributed by atoms with E-state index in [1.807, 2.05) is 39.0 Å². The molecule has 27 heavy (non-hydrogen) atoms. The molecule has 0 aliphatic rings. The minimum atomic E-state index is -0.253. The summed E-state index contributed by atoms with van der Waals surface area (Å²) < 4.78 is 1.79. The van der Waals surface area contributed by atoms with Gasteiger partial charge >= 0.3 is 0 Å². The third-order valence-electron chi connectivity index (χ3n) is 4.20. The van der Waals surface area contributed by atoms with Crippen LogP contribution in [0.15, 0.2) is 42.6 Å². The van der Waals surface area contributed by atoms with Crippen LogP contribution in [0.5, 0.6) is 0 Å². The Morgan fingerprint density at radius 3 is 2.59 bits per heavy atom. The maximum absolute atomic E-state index is 13.0. The first-order valence-electron chi connectivity index (χ1n) is 8.82. The van der Waals surface area contributed by atoms with Crippen molar-refractivity contribution in [2.45, 2.75) is 26.8 Å². The average Bonchev–Trinajstić information content (AvgIpc) is 3.05. The Morgan fingerprint density at radius 2 is 1.93 bits per heavy atom. The molecule has 7 heteroatoms. The van der Waals surface area contributed by atoms with Crippen LogP contribution < -0.4 is 5.32 Å². The molecule has 3 rings (SSSR count). The van der Waals surface area contributed by atoms with E-state index in [-0.39, 0.29) is 24.4 Å². The van der Waals surface area contributed by atoms with Crippen molar-refractivity contribution in [2.75, 3.05) is 18.9 Å². The van der Waals surface area contributed by atoms with Crippen LogP contribution in [0.3, 0.4) is 0 Å². The summed E-state index contributed by atoms with van der Waals surface area (Å²) in [6, 6.07) is 11.0. The van der Waals surface area contributed by atoms with Crippen LogP contribution in [-0.2, 0) is 4.79 Å². The highest BCUT2D eigenvalue weighted by atomic mass is 16.2. The normalized spacial score (nSPS) is 11.0. The van der Waals surface area contributed by atoms with E-state index in [4.69, 9.17) is 0 Å². The molecule has 0 fully saturated rings. The number of likely N-dealkylation sites (N-methyl/N-ethyl adjacent to an activating group) is 1. The maximum Gasteiger partial charge on any atom is 0.254 e. The van der Waals surface area contributed by atoms with Crippen LogP contribution in [0.25, 0.3) is 11.0 Å². The summed E-state index contributed by atoms with van der Waals surface area (Å²) in [5.41, 5.74) is 2.61. The number of carbonyl (C=O) groups excluding carboxylic acids is 2. The van der Waals surface area contributed by atoms with Gasteiger partial charge in [-0.25, -0.2) is 9.67 Å². The molecular formula is C20H23N5O2. The SMILES string of the molecule is Cc1cc(C(=O)N(C)CC(=O)Nc2ccccc2)c2cnn(C(C)C)c2n1. The third-order valence-corrected chi connectivity index (χ3v) is 4.20. The molecule has 0 radical (unpaired) electrons. The molecule has 140 valence electrons. The lowest BCUT2D eigenvalue weighted by atomic mass is 10.1. The Balaban J connectivity index is 1.81. The molecule has 0 bridgehead atoms. The summed E-state index contributed by atoms with van der Waals surface area (Å²) >= 11 is 0. The number of aromatic nitrogens is 3. The summed E-state index contributed by atoms with van der Waals surface area (Å²) in [6.07, 6.45) is 1.66. The first kappa shape index (κ1) is 18.6. The summed E-state index contributed by atoms with van der Waals surface area (Å²) in [7, 11) is 1.61. The standard InChI is InChI=1S/C20H23N5O2/c1-13(2)25-19-17(11-21-25)16(10-14(3)22-19)20(27)24(4)12-18(26)23-15-8-6-5-7-9-15/h5-11,13H,12H2,1-4H3,(H,23,26). The number of para-hydroxylation sites is 1. The van der Waals surface area contributed by atoms with Crippen molar-refractivity contribution in [2.24, 2.45) is 0 Å². The van der Waals surface area contributed by atoms with Crippen LogP contribution in [-0.4, -0.2) is 45.1 Å². The van der Waals surface area contributed by atoms with Gasteiger partial charge in [0.15, 0.2) is 5.65 Å². The highest BCUT2D eigenvalue weighted by molar-refractivity contribution is 6.07. The van der Waals surface area contributed by atoms with Gasteiger partial charge in [-0.1, -0.05) is 18.2 Å². The quantitative estimate of drug-likeness (QED) is 0.754. The van der Waals surface area contributed by atoms with Gasteiger partial charge in [-0.2, -0.15) is 5.10 Å². The molecule has 1 N–H and O–H groups in total. The van der Waals surface area contributed by atoms with Gasteiger partial charge in [-0.15, -0.1) is 0 Å². The molecule has 0 spiro atoms. The van der Waals surface area contributed by atoms with E-state index in [9.17, 15) is 9.59 Å². The van der Waals surface area contributed by atoms with Crippen molar-refractivity contribution >= 4 is 28.5 Å². The van der Waals surface area contributed by atoms with Crippen LogP contribution in [0, 0.1) is 6.92 Å². The van der Waals surface area contributed by atoms with Crippen LogP contribution in [0.2, 0.25) is 0 Å². The summed E-state index contributed by atoms with van der Waals surface area (Å²) in [5.74, 6) is -0.492. The van der Waals surface area contributed by atoms with Gasteiger partial charge in [0.05, 0.1) is 23.7 Å². The van der Waals surface area contributed by atoms with Gasteiger partial charge in [-0.05, 0) is 39.0 Å². The lowest BCUT2D eigenvalue weighted by Gasteiger charge is -2.18. The number of hydrogen-bond donors (Lipinski definition) is 1. The molecule has 0 saturated heterocycles. The fourth-order valence-electron chi connectivity index (χ4n) is 2.91. The zero-order chi connectivity index (χ0) is 19.6. The Kier molecular flexibility index (Phi) is 5.21. The number of carbonyl (C=O) groups is 2. The predicted octanol–water partition coefficient (Wildman–Crippen LogP) is 3.03. The van der Waals surface area contributed by atoms with Crippen LogP contribution in [0.4, 0.5) is 5.69 Å². The zero-order valence-corrected chi connectivity index (χ0v) is 15.9. The van der Waals surface area contributed by atoms with Crippen molar-refractivity contribution in [3.63, 3.8) is 0 Å². The molecule has 1 aromatic carbocycles. The number of nitrogens with zero attached hydrogens (tertiary/aromatic N) is 4.